The molecule has 0 fully saturated rings. The molecule has 0 spiro atoms. The number of alkyl halides is 3. The van der Waals surface area contributed by atoms with Gasteiger partial charge in [0.2, 0.25) is 11.3 Å². The number of aromatic amines is 1. The van der Waals surface area contributed by atoms with Crippen LogP contribution in [-0.4, -0.2) is 33.9 Å². The average Bonchev–Trinajstić information content (AvgIpc) is 2.88. The van der Waals surface area contributed by atoms with Crippen LogP contribution in [0.5, 0.6) is 11.6 Å². The van der Waals surface area contributed by atoms with Crippen molar-refractivity contribution in [2.45, 2.75) is 20.0 Å². The number of fused-ring (bicyclic) bond motifs is 1. The lowest BCUT2D eigenvalue weighted by atomic mass is 10.0. The molecule has 0 atom stereocenters. The number of aryl methyl sites for hydroxylation is 1. The van der Waals surface area contributed by atoms with Gasteiger partial charge in [-0.2, -0.15) is 13.2 Å². The highest BCUT2D eigenvalue weighted by Gasteiger charge is 2.37. The number of nitrogens with one attached hydrogen (secondary N) is 1. The summed E-state index contributed by atoms with van der Waals surface area (Å²) >= 11 is 0. The number of aromatic nitrogens is 3. The summed E-state index contributed by atoms with van der Waals surface area (Å²) in [5.41, 5.74) is 0.0992. The third-order valence-electron chi connectivity index (χ3n) is 5.75. The minimum absolute atomic E-state index is 0.0565. The minimum Gasteiger partial charge on any atom is -0.465 e. The van der Waals surface area contributed by atoms with Gasteiger partial charge in [0.05, 0.1) is 29.3 Å². The van der Waals surface area contributed by atoms with Crippen molar-refractivity contribution in [1.29, 1.82) is 0 Å². The summed E-state index contributed by atoms with van der Waals surface area (Å²) in [6.45, 7) is 2.21. The van der Waals surface area contributed by atoms with Crippen LogP contribution in [0.2, 0.25) is 0 Å². The maximum absolute atomic E-state index is 14.2. The van der Waals surface area contributed by atoms with Gasteiger partial charge < -0.3 is 20.2 Å². The van der Waals surface area contributed by atoms with Gasteiger partial charge in [0.25, 0.3) is 5.91 Å². The Morgan fingerprint density at radius 3 is 2.41 bits per heavy atom. The number of amides is 1. The van der Waals surface area contributed by atoms with E-state index >= 15 is 0 Å². The number of carbonyl (C=O) groups excluding carboxylic acids is 2. The second-order valence-electron chi connectivity index (χ2n) is 8.23. The number of halogens is 5. The highest BCUT2D eigenvalue weighted by atomic mass is 19.4. The first-order valence-corrected chi connectivity index (χ1v) is 10.9. The molecule has 14 heteroatoms. The van der Waals surface area contributed by atoms with E-state index in [1.54, 1.807) is 0 Å². The molecule has 0 unspecified atom stereocenters. The number of esters is 1. The molecule has 0 aliphatic carbocycles. The maximum Gasteiger partial charge on any atom is 0.433 e. The van der Waals surface area contributed by atoms with E-state index in [1.807, 2.05) is 0 Å². The summed E-state index contributed by atoms with van der Waals surface area (Å²) in [6, 6.07) is 3.88. The molecule has 202 valence electrons. The van der Waals surface area contributed by atoms with Crippen LogP contribution in [0.15, 0.2) is 35.3 Å². The summed E-state index contributed by atoms with van der Waals surface area (Å²) in [5, 5.41) is -0.371. The van der Waals surface area contributed by atoms with Crippen molar-refractivity contribution in [3.8, 4) is 22.9 Å². The Morgan fingerprint density at radius 2 is 1.79 bits per heavy atom. The smallest absolute Gasteiger partial charge is 0.433 e. The largest absolute Gasteiger partial charge is 0.465 e. The predicted molar refractivity (Wildman–Crippen MR) is 126 cm³/mol. The highest BCUT2D eigenvalue weighted by molar-refractivity contribution is 6.07. The Bertz CT molecular complexity index is 1730. The minimum atomic E-state index is -4.95. The van der Waals surface area contributed by atoms with Gasteiger partial charge in [-0.1, -0.05) is 0 Å². The van der Waals surface area contributed by atoms with Crippen molar-refractivity contribution in [1.82, 2.24) is 15.0 Å². The number of ether oxygens (including phenoxy) is 2. The number of hydrogen-bond donors (Lipinski definition) is 2. The van der Waals surface area contributed by atoms with E-state index in [-0.39, 0.29) is 33.5 Å². The Labute approximate surface area is 215 Å². The molecule has 4 rings (SSSR count). The summed E-state index contributed by atoms with van der Waals surface area (Å²) in [7, 11) is 0.951. The third kappa shape index (κ3) is 4.76. The Kier molecular flexibility index (Phi) is 6.81. The van der Waals surface area contributed by atoms with E-state index in [2.05, 4.69) is 15.0 Å². The second kappa shape index (κ2) is 9.78. The fraction of sp³-hybridized carbons (Fsp3) is 0.160. The SMILES string of the molecule is COC(=O)c1c(-c2cc(C)c(C(F)(F)F)nc2Oc2ccc(F)c(F)c2C)[nH]c2ccnc(C(N)=O)c2c1=O. The zero-order valence-corrected chi connectivity index (χ0v) is 20.3. The number of hydrogen-bond acceptors (Lipinski definition) is 7. The Hall–Kier alpha value is -4.88. The zero-order valence-electron chi connectivity index (χ0n) is 20.3. The Morgan fingerprint density at radius 1 is 1.10 bits per heavy atom. The fourth-order valence-electron chi connectivity index (χ4n) is 3.91. The number of H-pyrrole nitrogens is 1. The number of benzene rings is 1. The Balaban J connectivity index is 2.12. The van der Waals surface area contributed by atoms with Gasteiger partial charge in [-0.15, -0.1) is 0 Å². The van der Waals surface area contributed by atoms with Gasteiger partial charge in [0.15, 0.2) is 17.3 Å². The topological polar surface area (TPSA) is 137 Å². The van der Waals surface area contributed by atoms with Crippen molar-refractivity contribution in [2.75, 3.05) is 7.11 Å². The van der Waals surface area contributed by atoms with Crippen molar-refractivity contribution >= 4 is 22.8 Å². The maximum atomic E-state index is 14.2. The van der Waals surface area contributed by atoms with E-state index in [0.29, 0.717) is 6.07 Å². The molecule has 3 N–H and O–H groups in total. The van der Waals surface area contributed by atoms with E-state index < -0.39 is 63.5 Å². The van der Waals surface area contributed by atoms with Crippen LogP contribution >= 0.6 is 0 Å². The van der Waals surface area contributed by atoms with Gasteiger partial charge in [-0.3, -0.25) is 14.6 Å². The first-order chi connectivity index (χ1) is 18.3. The van der Waals surface area contributed by atoms with Crippen LogP contribution in [0.4, 0.5) is 22.0 Å². The molecule has 39 heavy (non-hydrogen) atoms. The zero-order chi connectivity index (χ0) is 28.8. The van der Waals surface area contributed by atoms with Crippen molar-refractivity contribution in [2.24, 2.45) is 5.73 Å². The van der Waals surface area contributed by atoms with Crippen molar-refractivity contribution < 1.29 is 41.0 Å². The molecular weight excluding hydrogens is 531 g/mol. The van der Waals surface area contributed by atoms with Crippen LogP contribution < -0.4 is 15.9 Å². The molecule has 3 aromatic heterocycles. The van der Waals surface area contributed by atoms with Gasteiger partial charge in [-0.25, -0.2) is 18.6 Å². The van der Waals surface area contributed by atoms with E-state index in [0.717, 1.165) is 39.3 Å². The molecule has 4 aromatic rings. The summed E-state index contributed by atoms with van der Waals surface area (Å²) in [4.78, 5) is 48.2. The van der Waals surface area contributed by atoms with Crippen LogP contribution in [0.1, 0.15) is 37.7 Å². The van der Waals surface area contributed by atoms with Crippen LogP contribution in [-0.2, 0) is 10.9 Å². The molecule has 0 saturated heterocycles. The lowest BCUT2D eigenvalue weighted by Gasteiger charge is -2.18. The molecular formula is C25H17F5N4O5. The highest BCUT2D eigenvalue weighted by Crippen LogP contribution is 2.40. The lowest BCUT2D eigenvalue weighted by molar-refractivity contribution is -0.141. The van der Waals surface area contributed by atoms with Gasteiger partial charge >= 0.3 is 12.1 Å². The first-order valence-electron chi connectivity index (χ1n) is 10.9. The molecule has 9 nitrogen and oxygen atoms in total. The first kappa shape index (κ1) is 27.2. The fourth-order valence-corrected chi connectivity index (χ4v) is 3.91. The van der Waals surface area contributed by atoms with Crippen molar-refractivity contribution in [3.63, 3.8) is 0 Å². The lowest BCUT2D eigenvalue weighted by Crippen LogP contribution is -2.24. The molecule has 0 aliphatic rings. The number of pyridine rings is 3. The number of nitrogens with zero attached hydrogens (tertiary/aromatic N) is 2. The summed E-state index contributed by atoms with van der Waals surface area (Å²) < 4.78 is 79.3. The molecule has 3 heterocycles. The van der Waals surface area contributed by atoms with Gasteiger partial charge in [-0.05, 0) is 43.7 Å². The predicted octanol–water partition coefficient (Wildman–Crippen LogP) is 4.58. The molecule has 1 amide bonds. The van der Waals surface area contributed by atoms with Gasteiger partial charge in [0.1, 0.15) is 17.0 Å². The van der Waals surface area contributed by atoms with Crippen LogP contribution in [0.3, 0.4) is 0 Å². The number of methoxy groups -OCH3 is 1. The van der Waals surface area contributed by atoms with Crippen LogP contribution in [0, 0.1) is 25.5 Å². The van der Waals surface area contributed by atoms with E-state index in [9.17, 15) is 36.3 Å². The third-order valence-corrected chi connectivity index (χ3v) is 5.75. The van der Waals surface area contributed by atoms with Crippen LogP contribution in [0.25, 0.3) is 22.2 Å². The summed E-state index contributed by atoms with van der Waals surface area (Å²) in [5.74, 6) is -6.02. The number of primary amides is 1. The summed E-state index contributed by atoms with van der Waals surface area (Å²) in [6.07, 6.45) is -3.81. The monoisotopic (exact) mass is 548 g/mol. The molecule has 0 aliphatic heterocycles. The molecule has 0 saturated carbocycles. The number of rotatable bonds is 5. The number of nitrogens with two attached hydrogens (primary N) is 1. The normalized spacial score (nSPS) is 11.5. The molecule has 0 bridgehead atoms. The van der Waals surface area contributed by atoms with Crippen molar-refractivity contribution in [3.05, 3.63) is 80.4 Å². The number of carbonyl (C=O) groups is 2. The van der Waals surface area contributed by atoms with E-state index in [4.69, 9.17) is 15.2 Å². The van der Waals surface area contributed by atoms with E-state index in [1.165, 1.54) is 6.07 Å². The quantitative estimate of drug-likeness (QED) is 0.275. The molecule has 0 radical (unpaired) electrons. The molecule has 1 aromatic carbocycles. The average molecular weight is 548 g/mol. The standard InChI is InChI=1S/C25H17F5N4O5/c1-9-8-11(23(34-21(9)25(28,29)30)39-14-5-4-12(26)17(27)10(14)2)18-16(24(37)38-3)20(35)15-13(33-18)6-7-32-19(15)22(31)36/h4-8H,1-3H3,(H2,31,36)(H,33,35). The second-order valence-corrected chi connectivity index (χ2v) is 8.23. The van der Waals surface area contributed by atoms with Gasteiger partial charge in [0, 0.05) is 11.8 Å².